The number of thiazole rings is 1. The molecule has 2 aromatic carbocycles. The lowest BCUT2D eigenvalue weighted by Crippen LogP contribution is -1.95. The standard InChI is InChI=1S/C18H18N2S/c1-12(17-13(2)20-18(19)21-17)14-8-10-16(11-9-14)15-6-4-3-5-7-15/h3-12H,1-2H3,(H2,19,20). The van der Waals surface area contributed by atoms with Crippen molar-refractivity contribution in [2.24, 2.45) is 0 Å². The molecule has 2 nitrogen and oxygen atoms in total. The van der Waals surface area contributed by atoms with E-state index < -0.39 is 0 Å². The maximum absolute atomic E-state index is 5.80. The summed E-state index contributed by atoms with van der Waals surface area (Å²) in [5, 5.41) is 0.648. The van der Waals surface area contributed by atoms with E-state index in [1.807, 2.05) is 13.0 Å². The van der Waals surface area contributed by atoms with Crippen LogP contribution < -0.4 is 5.73 Å². The van der Waals surface area contributed by atoms with E-state index in [9.17, 15) is 0 Å². The lowest BCUT2D eigenvalue weighted by molar-refractivity contribution is 0.927. The van der Waals surface area contributed by atoms with E-state index in [4.69, 9.17) is 5.73 Å². The Bertz CT molecular complexity index is 730. The van der Waals surface area contributed by atoms with Crippen LogP contribution in [0.25, 0.3) is 11.1 Å². The highest BCUT2D eigenvalue weighted by atomic mass is 32.1. The van der Waals surface area contributed by atoms with Crippen molar-refractivity contribution in [3.05, 3.63) is 70.7 Å². The van der Waals surface area contributed by atoms with Crippen LogP contribution in [0.1, 0.15) is 29.0 Å². The molecule has 1 heterocycles. The van der Waals surface area contributed by atoms with Gasteiger partial charge in [-0.25, -0.2) is 4.98 Å². The van der Waals surface area contributed by atoms with Gasteiger partial charge in [-0.3, -0.25) is 0 Å². The van der Waals surface area contributed by atoms with Crippen LogP contribution in [0.2, 0.25) is 0 Å². The van der Waals surface area contributed by atoms with Gasteiger partial charge in [0, 0.05) is 10.8 Å². The van der Waals surface area contributed by atoms with E-state index in [1.54, 1.807) is 11.3 Å². The van der Waals surface area contributed by atoms with Gasteiger partial charge in [-0.05, 0) is 23.6 Å². The number of aryl methyl sites for hydroxylation is 1. The Morgan fingerprint density at radius 3 is 2.14 bits per heavy atom. The summed E-state index contributed by atoms with van der Waals surface area (Å²) in [6.07, 6.45) is 0. The highest BCUT2D eigenvalue weighted by molar-refractivity contribution is 7.15. The van der Waals surface area contributed by atoms with Crippen LogP contribution in [-0.4, -0.2) is 4.98 Å². The summed E-state index contributed by atoms with van der Waals surface area (Å²) in [6, 6.07) is 19.2. The molecule has 0 aliphatic rings. The van der Waals surface area contributed by atoms with Gasteiger partial charge in [-0.1, -0.05) is 61.5 Å². The highest BCUT2D eigenvalue weighted by Crippen LogP contribution is 2.33. The Morgan fingerprint density at radius 1 is 0.952 bits per heavy atom. The smallest absolute Gasteiger partial charge is 0.180 e. The summed E-state index contributed by atoms with van der Waals surface area (Å²) in [6.45, 7) is 4.23. The second-order valence-corrected chi connectivity index (χ2v) is 6.27. The Morgan fingerprint density at radius 2 is 1.57 bits per heavy atom. The molecule has 0 aliphatic carbocycles. The number of nitrogen functional groups attached to an aromatic ring is 1. The van der Waals surface area contributed by atoms with Gasteiger partial charge in [0.1, 0.15) is 0 Å². The summed E-state index contributed by atoms with van der Waals surface area (Å²) in [4.78, 5) is 5.57. The molecule has 0 amide bonds. The first-order chi connectivity index (χ1) is 10.1. The molecule has 0 fully saturated rings. The quantitative estimate of drug-likeness (QED) is 0.749. The molecule has 0 saturated carbocycles. The monoisotopic (exact) mass is 294 g/mol. The molecule has 0 saturated heterocycles. The molecule has 0 aliphatic heterocycles. The first-order valence-electron chi connectivity index (χ1n) is 7.03. The van der Waals surface area contributed by atoms with Gasteiger partial charge >= 0.3 is 0 Å². The van der Waals surface area contributed by atoms with Crippen LogP contribution >= 0.6 is 11.3 Å². The van der Waals surface area contributed by atoms with Gasteiger partial charge in [-0.2, -0.15) is 0 Å². The van der Waals surface area contributed by atoms with Crippen molar-refractivity contribution < 1.29 is 0 Å². The van der Waals surface area contributed by atoms with E-state index in [1.165, 1.54) is 21.6 Å². The topological polar surface area (TPSA) is 38.9 Å². The minimum absolute atomic E-state index is 0.324. The Balaban J connectivity index is 1.89. The fraction of sp³-hybridized carbons (Fsp3) is 0.167. The zero-order chi connectivity index (χ0) is 14.8. The molecular formula is C18H18N2S. The fourth-order valence-corrected chi connectivity index (χ4v) is 3.49. The molecule has 21 heavy (non-hydrogen) atoms. The van der Waals surface area contributed by atoms with Gasteiger partial charge in [-0.15, -0.1) is 11.3 Å². The molecule has 0 spiro atoms. The fourth-order valence-electron chi connectivity index (χ4n) is 2.58. The second-order valence-electron chi connectivity index (χ2n) is 5.21. The number of anilines is 1. The number of nitrogens with zero attached hydrogens (tertiary/aromatic N) is 1. The number of benzene rings is 2. The molecule has 2 N–H and O–H groups in total. The van der Waals surface area contributed by atoms with Crippen LogP contribution in [0.4, 0.5) is 5.13 Å². The zero-order valence-corrected chi connectivity index (χ0v) is 13.0. The van der Waals surface area contributed by atoms with Gasteiger partial charge in [0.15, 0.2) is 5.13 Å². The minimum atomic E-state index is 0.324. The average molecular weight is 294 g/mol. The SMILES string of the molecule is Cc1nc(N)sc1C(C)c1ccc(-c2ccccc2)cc1. The van der Waals surface area contributed by atoms with Gasteiger partial charge < -0.3 is 5.73 Å². The first-order valence-corrected chi connectivity index (χ1v) is 7.85. The molecule has 0 radical (unpaired) electrons. The Labute approximate surface area is 129 Å². The third kappa shape index (κ3) is 2.83. The van der Waals surface area contributed by atoms with Crippen LogP contribution in [0.15, 0.2) is 54.6 Å². The number of aromatic nitrogens is 1. The summed E-state index contributed by atoms with van der Waals surface area (Å²) < 4.78 is 0. The van der Waals surface area contributed by atoms with E-state index in [0.717, 1.165) is 5.69 Å². The Kier molecular flexibility index (Phi) is 3.76. The predicted octanol–water partition coefficient (Wildman–Crippen LogP) is 4.85. The van der Waals surface area contributed by atoms with Crippen molar-refractivity contribution in [2.75, 3.05) is 5.73 Å². The number of rotatable bonds is 3. The minimum Gasteiger partial charge on any atom is -0.375 e. The third-order valence-corrected chi connectivity index (χ3v) is 4.93. The molecular weight excluding hydrogens is 276 g/mol. The van der Waals surface area contributed by atoms with Gasteiger partial charge in [0.05, 0.1) is 5.69 Å². The van der Waals surface area contributed by atoms with E-state index in [0.29, 0.717) is 11.0 Å². The molecule has 1 atom stereocenters. The van der Waals surface area contributed by atoms with Crippen LogP contribution in [0.5, 0.6) is 0 Å². The normalized spacial score (nSPS) is 12.3. The third-order valence-electron chi connectivity index (χ3n) is 3.76. The van der Waals surface area contributed by atoms with Crippen LogP contribution in [-0.2, 0) is 0 Å². The molecule has 3 heteroatoms. The lowest BCUT2D eigenvalue weighted by atomic mass is 9.96. The molecule has 1 unspecified atom stereocenters. The molecule has 0 bridgehead atoms. The maximum atomic E-state index is 5.80. The van der Waals surface area contributed by atoms with Crippen LogP contribution in [0, 0.1) is 6.92 Å². The van der Waals surface area contributed by atoms with Crippen molar-refractivity contribution >= 4 is 16.5 Å². The molecule has 1 aromatic heterocycles. The van der Waals surface area contributed by atoms with E-state index in [2.05, 4.69) is 60.4 Å². The lowest BCUT2D eigenvalue weighted by Gasteiger charge is -2.11. The van der Waals surface area contributed by atoms with Crippen molar-refractivity contribution in [2.45, 2.75) is 19.8 Å². The maximum Gasteiger partial charge on any atom is 0.180 e. The summed E-state index contributed by atoms with van der Waals surface area (Å²) in [7, 11) is 0. The van der Waals surface area contributed by atoms with Crippen molar-refractivity contribution in [1.29, 1.82) is 0 Å². The molecule has 3 rings (SSSR count). The van der Waals surface area contributed by atoms with Crippen LogP contribution in [0.3, 0.4) is 0 Å². The van der Waals surface area contributed by atoms with E-state index in [-0.39, 0.29) is 0 Å². The summed E-state index contributed by atoms with van der Waals surface area (Å²) in [5.41, 5.74) is 10.6. The number of hydrogen-bond donors (Lipinski definition) is 1. The first kappa shape index (κ1) is 13.8. The number of nitrogens with two attached hydrogens (primary N) is 1. The van der Waals surface area contributed by atoms with Crippen molar-refractivity contribution in [3.8, 4) is 11.1 Å². The average Bonchev–Trinajstić information content (AvgIpc) is 2.86. The zero-order valence-electron chi connectivity index (χ0n) is 12.2. The van der Waals surface area contributed by atoms with Gasteiger partial charge in [0.25, 0.3) is 0 Å². The van der Waals surface area contributed by atoms with Crippen molar-refractivity contribution in [3.63, 3.8) is 0 Å². The largest absolute Gasteiger partial charge is 0.375 e. The number of hydrogen-bond acceptors (Lipinski definition) is 3. The highest BCUT2D eigenvalue weighted by Gasteiger charge is 2.15. The summed E-state index contributed by atoms with van der Waals surface area (Å²) >= 11 is 1.58. The van der Waals surface area contributed by atoms with Gasteiger partial charge in [0.2, 0.25) is 0 Å². The second kappa shape index (κ2) is 5.70. The Hall–Kier alpha value is -2.13. The van der Waals surface area contributed by atoms with Crippen molar-refractivity contribution in [1.82, 2.24) is 4.98 Å². The molecule has 3 aromatic rings. The summed E-state index contributed by atoms with van der Waals surface area (Å²) in [5.74, 6) is 0.324. The predicted molar refractivity (Wildman–Crippen MR) is 90.7 cm³/mol. The van der Waals surface area contributed by atoms with E-state index >= 15 is 0 Å². The molecule has 106 valence electrons.